The number of carbonyl (C=O) groups excluding carboxylic acids is 2. The minimum atomic E-state index is -0.708. The average molecular weight is 466 g/mol. The summed E-state index contributed by atoms with van der Waals surface area (Å²) in [5.41, 5.74) is 1.12. The summed E-state index contributed by atoms with van der Waals surface area (Å²) in [5.74, 6) is -2.38. The maximum absolute atomic E-state index is 13.9. The quantitative estimate of drug-likeness (QED) is 0.534. The minimum Gasteiger partial charge on any atom is -0.320 e. The molecule has 1 aliphatic rings. The Hall–Kier alpha value is -3.76. The molecule has 2 aromatic heterocycles. The van der Waals surface area contributed by atoms with Crippen molar-refractivity contribution in [3.05, 3.63) is 83.3 Å². The first-order valence-corrected chi connectivity index (χ1v) is 10.8. The van der Waals surface area contributed by atoms with Crippen molar-refractivity contribution in [3.8, 4) is 0 Å². The number of likely N-dealkylation sites (N-methyl/N-ethyl adjacent to an activating group) is 1. The predicted octanol–water partition coefficient (Wildman–Crippen LogP) is 3.23. The highest BCUT2D eigenvalue weighted by atomic mass is 19.1. The lowest BCUT2D eigenvalue weighted by atomic mass is 10.1. The van der Waals surface area contributed by atoms with E-state index >= 15 is 0 Å². The molecule has 0 saturated carbocycles. The van der Waals surface area contributed by atoms with E-state index in [0.29, 0.717) is 0 Å². The molecule has 4 rings (SSSR count). The van der Waals surface area contributed by atoms with Crippen molar-refractivity contribution < 1.29 is 18.4 Å². The summed E-state index contributed by atoms with van der Waals surface area (Å²) in [6.07, 6.45) is 3.66. The molecule has 10 heteroatoms. The summed E-state index contributed by atoms with van der Waals surface area (Å²) in [4.78, 5) is 35.7. The fourth-order valence-electron chi connectivity index (χ4n) is 3.69. The third-order valence-electron chi connectivity index (χ3n) is 5.47. The monoisotopic (exact) mass is 466 g/mol. The Morgan fingerprint density at radius 3 is 2.56 bits per heavy atom. The first kappa shape index (κ1) is 23.4. The predicted molar refractivity (Wildman–Crippen MR) is 124 cm³/mol. The molecule has 3 heterocycles. The summed E-state index contributed by atoms with van der Waals surface area (Å²) in [6.45, 7) is 2.76. The third-order valence-corrected chi connectivity index (χ3v) is 5.47. The van der Waals surface area contributed by atoms with Gasteiger partial charge in [0.25, 0.3) is 11.8 Å². The summed E-state index contributed by atoms with van der Waals surface area (Å²) < 4.78 is 26.9. The zero-order valence-electron chi connectivity index (χ0n) is 18.5. The number of rotatable bonds is 5. The Balaban J connectivity index is 1.48. The molecule has 0 radical (unpaired) electrons. The number of anilines is 2. The molecule has 3 aromatic rings. The highest BCUT2D eigenvalue weighted by molar-refractivity contribution is 6.11. The van der Waals surface area contributed by atoms with Crippen LogP contribution in [-0.2, 0) is 0 Å². The van der Waals surface area contributed by atoms with Gasteiger partial charge in [-0.2, -0.15) is 0 Å². The van der Waals surface area contributed by atoms with Gasteiger partial charge in [0.1, 0.15) is 23.1 Å². The number of hydrogen-bond acceptors (Lipinski definition) is 6. The molecule has 0 bridgehead atoms. The second-order valence-electron chi connectivity index (χ2n) is 8.06. The van der Waals surface area contributed by atoms with Gasteiger partial charge in [-0.05, 0) is 68.5 Å². The average Bonchev–Trinajstić information content (AvgIpc) is 3.06. The lowest BCUT2D eigenvalue weighted by Gasteiger charge is -2.20. The Morgan fingerprint density at radius 2 is 1.82 bits per heavy atom. The number of benzene rings is 1. The van der Waals surface area contributed by atoms with E-state index in [1.807, 2.05) is 6.07 Å². The van der Waals surface area contributed by atoms with Crippen molar-refractivity contribution in [2.75, 3.05) is 37.3 Å². The molecule has 1 aromatic carbocycles. The van der Waals surface area contributed by atoms with Crippen LogP contribution >= 0.6 is 0 Å². The van der Waals surface area contributed by atoms with Gasteiger partial charge >= 0.3 is 0 Å². The molecule has 1 atom stereocenters. The zero-order chi connectivity index (χ0) is 24.1. The number of carbonyl (C=O) groups is 2. The first-order valence-electron chi connectivity index (χ1n) is 10.8. The molecular formula is C24H24F2N6O2. The van der Waals surface area contributed by atoms with Crippen LogP contribution in [0.2, 0.25) is 0 Å². The van der Waals surface area contributed by atoms with Crippen molar-refractivity contribution >= 4 is 23.3 Å². The van der Waals surface area contributed by atoms with Gasteiger partial charge in [0.2, 0.25) is 0 Å². The van der Waals surface area contributed by atoms with Gasteiger partial charge in [-0.1, -0.05) is 6.07 Å². The first-order chi connectivity index (χ1) is 16.4. The Labute approximate surface area is 195 Å². The smallest absolute Gasteiger partial charge is 0.274 e. The molecule has 1 unspecified atom stereocenters. The van der Waals surface area contributed by atoms with Gasteiger partial charge < -0.3 is 20.9 Å². The number of halogens is 2. The fourth-order valence-corrected chi connectivity index (χ4v) is 3.69. The fraction of sp³-hybridized carbons (Fsp3) is 0.250. The van der Waals surface area contributed by atoms with Gasteiger partial charge in [-0.15, -0.1) is 0 Å². The van der Waals surface area contributed by atoms with Gasteiger partial charge in [0.15, 0.2) is 0 Å². The second kappa shape index (κ2) is 10.4. The zero-order valence-corrected chi connectivity index (χ0v) is 18.5. The van der Waals surface area contributed by atoms with Crippen molar-refractivity contribution in [1.82, 2.24) is 20.2 Å². The molecule has 34 heavy (non-hydrogen) atoms. The van der Waals surface area contributed by atoms with Gasteiger partial charge in [0.05, 0.1) is 17.4 Å². The van der Waals surface area contributed by atoms with Gasteiger partial charge in [-0.25, -0.2) is 13.8 Å². The Morgan fingerprint density at radius 1 is 1.00 bits per heavy atom. The van der Waals surface area contributed by atoms with Gasteiger partial charge in [0, 0.05) is 18.8 Å². The lowest BCUT2D eigenvalue weighted by molar-refractivity contribution is 0.102. The van der Waals surface area contributed by atoms with E-state index in [4.69, 9.17) is 0 Å². The Bertz CT molecular complexity index is 1170. The summed E-state index contributed by atoms with van der Waals surface area (Å²) >= 11 is 0. The van der Waals surface area contributed by atoms with Crippen LogP contribution in [0.1, 0.15) is 38.9 Å². The maximum atomic E-state index is 13.9. The molecule has 8 nitrogen and oxygen atoms in total. The van der Waals surface area contributed by atoms with E-state index in [-0.39, 0.29) is 28.8 Å². The van der Waals surface area contributed by atoms with Crippen molar-refractivity contribution in [3.63, 3.8) is 0 Å². The van der Waals surface area contributed by atoms with E-state index in [0.717, 1.165) is 56.0 Å². The Kier molecular flexibility index (Phi) is 7.19. The third kappa shape index (κ3) is 5.77. The SMILES string of the molecule is CN1CCCNC(c2ccc(C(=O)Nc3ccc(F)cc3C(=O)Nc3ccc(F)cn3)nc2)C1. The van der Waals surface area contributed by atoms with Crippen LogP contribution in [-0.4, -0.2) is 53.4 Å². The molecule has 176 valence electrons. The summed E-state index contributed by atoms with van der Waals surface area (Å²) in [5, 5.41) is 8.55. The van der Waals surface area contributed by atoms with E-state index in [1.165, 1.54) is 12.1 Å². The van der Waals surface area contributed by atoms with E-state index < -0.39 is 23.4 Å². The number of amides is 2. The van der Waals surface area contributed by atoms with Crippen LogP contribution < -0.4 is 16.0 Å². The number of aromatic nitrogens is 2. The molecule has 1 saturated heterocycles. The van der Waals surface area contributed by atoms with Crippen LogP contribution in [0, 0.1) is 11.6 Å². The molecule has 0 aliphatic carbocycles. The number of pyridine rings is 2. The largest absolute Gasteiger partial charge is 0.320 e. The highest BCUT2D eigenvalue weighted by Gasteiger charge is 2.19. The van der Waals surface area contributed by atoms with E-state index in [1.54, 1.807) is 12.3 Å². The second-order valence-corrected chi connectivity index (χ2v) is 8.06. The molecule has 3 N–H and O–H groups in total. The number of nitrogens with zero attached hydrogens (tertiary/aromatic N) is 3. The highest BCUT2D eigenvalue weighted by Crippen LogP contribution is 2.21. The van der Waals surface area contributed by atoms with Crippen LogP contribution in [0.15, 0.2) is 54.9 Å². The summed E-state index contributed by atoms with van der Waals surface area (Å²) in [6, 6.07) is 9.41. The normalized spacial score (nSPS) is 16.5. The maximum Gasteiger partial charge on any atom is 0.274 e. The molecule has 1 fully saturated rings. The van der Waals surface area contributed by atoms with Crippen molar-refractivity contribution in [1.29, 1.82) is 0 Å². The molecule has 0 spiro atoms. The van der Waals surface area contributed by atoms with Crippen LogP contribution in [0.3, 0.4) is 0 Å². The van der Waals surface area contributed by atoms with Crippen LogP contribution in [0.5, 0.6) is 0 Å². The lowest BCUT2D eigenvalue weighted by Crippen LogP contribution is -2.29. The molecule has 2 amide bonds. The van der Waals surface area contributed by atoms with E-state index in [2.05, 4.69) is 37.9 Å². The van der Waals surface area contributed by atoms with Gasteiger partial charge in [-0.3, -0.25) is 14.6 Å². The molecule has 1 aliphatic heterocycles. The topological polar surface area (TPSA) is 99.2 Å². The van der Waals surface area contributed by atoms with Crippen molar-refractivity contribution in [2.24, 2.45) is 0 Å². The van der Waals surface area contributed by atoms with Crippen molar-refractivity contribution in [2.45, 2.75) is 12.5 Å². The van der Waals surface area contributed by atoms with E-state index in [9.17, 15) is 18.4 Å². The number of hydrogen-bond donors (Lipinski definition) is 3. The van der Waals surface area contributed by atoms with Crippen LogP contribution in [0.25, 0.3) is 0 Å². The standard InChI is InChI=1S/C24H24F2N6O2/c1-32-10-2-9-27-21(14-32)15-3-6-20(28-12-15)24(34)30-19-7-4-16(25)11-18(19)23(33)31-22-8-5-17(26)13-29-22/h3-8,11-13,21,27H,2,9-10,14H2,1H3,(H,30,34)(H,29,31,33). The molecular weight excluding hydrogens is 442 g/mol. The summed E-state index contributed by atoms with van der Waals surface area (Å²) in [7, 11) is 2.07. The van der Waals surface area contributed by atoms with Crippen LogP contribution in [0.4, 0.5) is 20.3 Å². The minimum absolute atomic E-state index is 0.0861. The number of nitrogens with one attached hydrogen (secondary N) is 3.